The van der Waals surface area contributed by atoms with Gasteiger partial charge in [-0.1, -0.05) is 6.42 Å². The standard InChI is InChI=1S/C11H18N2O5/c12-8(6-9(14)15)10(16)13-4-5-18-11(17)7-2-1-3-7/h7-8H,1-6,12H2,(H,13,16)(H,14,15). The van der Waals surface area contributed by atoms with Gasteiger partial charge in [0.05, 0.1) is 24.9 Å². The maximum atomic E-state index is 11.3. The first-order valence-corrected chi connectivity index (χ1v) is 5.92. The first-order chi connectivity index (χ1) is 8.50. The Hall–Kier alpha value is -1.63. The van der Waals surface area contributed by atoms with Crippen LogP contribution < -0.4 is 11.1 Å². The summed E-state index contributed by atoms with van der Waals surface area (Å²) in [6.45, 7) is 0.228. The smallest absolute Gasteiger partial charge is 0.308 e. The third-order valence-electron chi connectivity index (χ3n) is 2.82. The molecule has 1 aliphatic rings. The van der Waals surface area contributed by atoms with Crippen molar-refractivity contribution in [2.24, 2.45) is 11.7 Å². The SMILES string of the molecule is NC(CC(=O)O)C(=O)NCCOC(=O)C1CCC1. The van der Waals surface area contributed by atoms with E-state index in [-0.39, 0.29) is 25.0 Å². The molecule has 0 bridgehead atoms. The average Bonchev–Trinajstić information content (AvgIpc) is 2.20. The van der Waals surface area contributed by atoms with Crippen molar-refractivity contribution < 1.29 is 24.2 Å². The minimum Gasteiger partial charge on any atom is -0.481 e. The van der Waals surface area contributed by atoms with E-state index in [1.54, 1.807) is 0 Å². The van der Waals surface area contributed by atoms with Gasteiger partial charge in [-0.05, 0) is 12.8 Å². The molecule has 0 spiro atoms. The van der Waals surface area contributed by atoms with E-state index in [1.807, 2.05) is 0 Å². The molecule has 7 heteroatoms. The Labute approximate surface area is 105 Å². The van der Waals surface area contributed by atoms with Crippen molar-refractivity contribution >= 4 is 17.8 Å². The number of nitrogens with one attached hydrogen (secondary N) is 1. The van der Waals surface area contributed by atoms with Crippen molar-refractivity contribution in [3.8, 4) is 0 Å². The van der Waals surface area contributed by atoms with Gasteiger partial charge in [-0.25, -0.2) is 0 Å². The number of nitrogens with two attached hydrogens (primary N) is 1. The summed E-state index contributed by atoms with van der Waals surface area (Å²) < 4.78 is 4.95. The number of hydrogen-bond donors (Lipinski definition) is 3. The Morgan fingerprint density at radius 1 is 1.39 bits per heavy atom. The van der Waals surface area contributed by atoms with Crippen LogP contribution in [0.5, 0.6) is 0 Å². The molecule has 0 aromatic rings. The Morgan fingerprint density at radius 3 is 2.56 bits per heavy atom. The van der Waals surface area contributed by atoms with Gasteiger partial charge in [0.15, 0.2) is 0 Å². The lowest BCUT2D eigenvalue weighted by Gasteiger charge is -2.23. The maximum absolute atomic E-state index is 11.3. The first-order valence-electron chi connectivity index (χ1n) is 5.92. The normalized spacial score (nSPS) is 16.5. The highest BCUT2D eigenvalue weighted by molar-refractivity contribution is 5.85. The first kappa shape index (κ1) is 14.4. The summed E-state index contributed by atoms with van der Waals surface area (Å²) in [4.78, 5) is 32.9. The molecule has 0 heterocycles. The summed E-state index contributed by atoms with van der Waals surface area (Å²) in [7, 11) is 0. The molecule has 1 saturated carbocycles. The highest BCUT2D eigenvalue weighted by Crippen LogP contribution is 2.27. The quantitative estimate of drug-likeness (QED) is 0.408. The number of aliphatic carboxylic acids is 1. The number of hydrogen-bond acceptors (Lipinski definition) is 5. The number of carboxylic acid groups (broad SMARTS) is 1. The maximum Gasteiger partial charge on any atom is 0.308 e. The van der Waals surface area contributed by atoms with Crippen LogP contribution in [0.3, 0.4) is 0 Å². The number of rotatable bonds is 7. The molecule has 1 fully saturated rings. The second-order valence-electron chi connectivity index (χ2n) is 4.29. The minimum absolute atomic E-state index is 0.00923. The molecule has 1 rings (SSSR count). The zero-order chi connectivity index (χ0) is 13.5. The number of carboxylic acids is 1. The van der Waals surface area contributed by atoms with Gasteiger partial charge in [-0.2, -0.15) is 0 Å². The fourth-order valence-corrected chi connectivity index (χ4v) is 1.50. The molecule has 0 aromatic carbocycles. The molecule has 1 unspecified atom stereocenters. The van der Waals surface area contributed by atoms with Gasteiger partial charge in [0, 0.05) is 0 Å². The summed E-state index contributed by atoms with van der Waals surface area (Å²) in [6.07, 6.45) is 2.37. The molecule has 102 valence electrons. The molecule has 0 aliphatic heterocycles. The highest BCUT2D eigenvalue weighted by Gasteiger charge is 2.26. The second kappa shape index (κ2) is 6.95. The van der Waals surface area contributed by atoms with Crippen molar-refractivity contribution in [1.82, 2.24) is 5.32 Å². The largest absolute Gasteiger partial charge is 0.481 e. The second-order valence-corrected chi connectivity index (χ2v) is 4.29. The lowest BCUT2D eigenvalue weighted by molar-refractivity contribution is -0.151. The Kier molecular flexibility index (Phi) is 5.57. The summed E-state index contributed by atoms with van der Waals surface area (Å²) in [5.41, 5.74) is 5.34. The van der Waals surface area contributed by atoms with Crippen LogP contribution in [0.1, 0.15) is 25.7 Å². The third-order valence-corrected chi connectivity index (χ3v) is 2.82. The van der Waals surface area contributed by atoms with Gasteiger partial charge >= 0.3 is 11.9 Å². The topological polar surface area (TPSA) is 119 Å². The van der Waals surface area contributed by atoms with E-state index in [0.717, 1.165) is 19.3 Å². The number of amides is 1. The van der Waals surface area contributed by atoms with Crippen LogP contribution >= 0.6 is 0 Å². The van der Waals surface area contributed by atoms with Crippen molar-refractivity contribution in [3.63, 3.8) is 0 Å². The van der Waals surface area contributed by atoms with Gasteiger partial charge in [0.25, 0.3) is 0 Å². The molecule has 1 aliphatic carbocycles. The third kappa shape index (κ3) is 4.70. The van der Waals surface area contributed by atoms with Crippen LogP contribution in [0.15, 0.2) is 0 Å². The van der Waals surface area contributed by atoms with E-state index in [2.05, 4.69) is 5.32 Å². The monoisotopic (exact) mass is 258 g/mol. The molecule has 1 atom stereocenters. The van der Waals surface area contributed by atoms with Crippen molar-refractivity contribution in [3.05, 3.63) is 0 Å². The van der Waals surface area contributed by atoms with E-state index >= 15 is 0 Å². The van der Waals surface area contributed by atoms with Crippen molar-refractivity contribution in [2.45, 2.75) is 31.7 Å². The predicted octanol–water partition coefficient (Wildman–Crippen LogP) is -0.752. The molecule has 18 heavy (non-hydrogen) atoms. The van der Waals surface area contributed by atoms with Crippen LogP contribution in [-0.2, 0) is 19.1 Å². The lowest BCUT2D eigenvalue weighted by Crippen LogP contribution is -2.43. The number of carbonyl (C=O) groups excluding carboxylic acids is 2. The summed E-state index contributed by atoms with van der Waals surface area (Å²) in [5.74, 6) is -1.91. The molecule has 0 saturated heterocycles. The molecule has 1 amide bonds. The van der Waals surface area contributed by atoms with Crippen LogP contribution in [0.25, 0.3) is 0 Å². The minimum atomic E-state index is -1.13. The molecule has 0 radical (unpaired) electrons. The Bertz CT molecular complexity index is 327. The highest BCUT2D eigenvalue weighted by atomic mass is 16.5. The van der Waals surface area contributed by atoms with Gasteiger partial charge in [-0.15, -0.1) is 0 Å². The van der Waals surface area contributed by atoms with E-state index < -0.39 is 24.3 Å². The Morgan fingerprint density at radius 2 is 2.06 bits per heavy atom. The zero-order valence-electron chi connectivity index (χ0n) is 10.1. The molecular weight excluding hydrogens is 240 g/mol. The van der Waals surface area contributed by atoms with Crippen LogP contribution in [0.4, 0.5) is 0 Å². The van der Waals surface area contributed by atoms with Crippen LogP contribution in [0.2, 0.25) is 0 Å². The van der Waals surface area contributed by atoms with Crippen molar-refractivity contribution in [1.29, 1.82) is 0 Å². The van der Waals surface area contributed by atoms with Crippen LogP contribution in [0, 0.1) is 5.92 Å². The summed E-state index contributed by atoms with van der Waals surface area (Å²) in [6, 6.07) is -1.08. The van der Waals surface area contributed by atoms with Gasteiger partial charge < -0.3 is 20.9 Å². The van der Waals surface area contributed by atoms with E-state index in [1.165, 1.54) is 0 Å². The van der Waals surface area contributed by atoms with Crippen molar-refractivity contribution in [2.75, 3.05) is 13.2 Å². The molecular formula is C11H18N2O5. The summed E-state index contributed by atoms with van der Waals surface area (Å²) in [5, 5.41) is 10.9. The van der Waals surface area contributed by atoms with Gasteiger partial charge in [0.1, 0.15) is 6.61 Å². The molecule has 7 nitrogen and oxygen atoms in total. The number of esters is 1. The summed E-state index contributed by atoms with van der Waals surface area (Å²) >= 11 is 0. The van der Waals surface area contributed by atoms with E-state index in [4.69, 9.17) is 15.6 Å². The Balaban J connectivity index is 2.07. The number of carbonyl (C=O) groups is 3. The van der Waals surface area contributed by atoms with E-state index in [9.17, 15) is 14.4 Å². The van der Waals surface area contributed by atoms with Crippen LogP contribution in [-0.4, -0.2) is 42.1 Å². The van der Waals surface area contributed by atoms with Gasteiger partial charge in [0.2, 0.25) is 5.91 Å². The fourth-order valence-electron chi connectivity index (χ4n) is 1.50. The zero-order valence-corrected chi connectivity index (χ0v) is 10.1. The lowest BCUT2D eigenvalue weighted by atomic mass is 9.86. The fraction of sp³-hybridized carbons (Fsp3) is 0.727. The predicted molar refractivity (Wildman–Crippen MR) is 61.5 cm³/mol. The average molecular weight is 258 g/mol. The number of ether oxygens (including phenoxy) is 1. The molecule has 0 aromatic heterocycles. The van der Waals surface area contributed by atoms with Gasteiger partial charge in [-0.3, -0.25) is 14.4 Å². The van der Waals surface area contributed by atoms with E-state index in [0.29, 0.717) is 0 Å². The molecule has 4 N–H and O–H groups in total.